The third kappa shape index (κ3) is 4.54. The topological polar surface area (TPSA) is 150 Å². The first-order valence-electron chi connectivity index (χ1n) is 10.5. The highest BCUT2D eigenvalue weighted by Crippen LogP contribution is 2.41. The maximum Gasteiger partial charge on any atom is 0.414 e. The van der Waals surface area contributed by atoms with Crippen molar-refractivity contribution in [3.05, 3.63) is 36.0 Å². The van der Waals surface area contributed by atoms with Gasteiger partial charge in [-0.05, 0) is 25.3 Å². The summed E-state index contributed by atoms with van der Waals surface area (Å²) in [4.78, 5) is 40.6. The number of piperidine rings is 1. The molecule has 4 N–H and O–H groups in total. The van der Waals surface area contributed by atoms with E-state index in [-0.39, 0.29) is 29.2 Å². The minimum absolute atomic E-state index is 0.0341. The van der Waals surface area contributed by atoms with Crippen LogP contribution in [0.3, 0.4) is 0 Å². The van der Waals surface area contributed by atoms with E-state index < -0.39 is 17.9 Å². The van der Waals surface area contributed by atoms with Crippen LogP contribution in [0.1, 0.15) is 24.8 Å². The predicted molar refractivity (Wildman–Crippen MR) is 117 cm³/mol. The largest absolute Gasteiger partial charge is 0.444 e. The van der Waals surface area contributed by atoms with Crippen LogP contribution in [0.15, 0.2) is 24.7 Å². The van der Waals surface area contributed by atoms with Gasteiger partial charge < -0.3 is 20.3 Å². The number of nitrogens with one attached hydrogen (secondary N) is 2. The zero-order valence-corrected chi connectivity index (χ0v) is 18.2. The Morgan fingerprint density at radius 1 is 1.24 bits per heavy atom. The van der Waals surface area contributed by atoms with Crippen LogP contribution in [0.25, 0.3) is 11.3 Å². The van der Waals surface area contributed by atoms with Gasteiger partial charge in [0.1, 0.15) is 12.3 Å². The Bertz CT molecular complexity index is 1070. The first-order valence-corrected chi connectivity index (χ1v) is 10.5. The van der Waals surface area contributed by atoms with Crippen LogP contribution in [0, 0.1) is 16.6 Å². The summed E-state index contributed by atoms with van der Waals surface area (Å²) in [6.45, 7) is 1.80. The summed E-state index contributed by atoms with van der Waals surface area (Å²) < 4.78 is 19.8. The molecule has 4 heterocycles. The van der Waals surface area contributed by atoms with Crippen molar-refractivity contribution in [2.45, 2.75) is 25.9 Å². The quantitative estimate of drug-likeness (QED) is 0.459. The van der Waals surface area contributed by atoms with E-state index in [9.17, 15) is 14.0 Å². The Hall–Kier alpha value is -3.83. The molecule has 2 aliphatic rings. The molecular formula is C21H25FN8O3. The predicted octanol–water partition coefficient (Wildman–Crippen LogP) is 1.25. The number of rotatable bonds is 4. The molecule has 0 unspecified atom stereocenters. The molecule has 2 fully saturated rings. The average molecular weight is 456 g/mol. The van der Waals surface area contributed by atoms with Crippen molar-refractivity contribution < 1.29 is 18.7 Å². The lowest BCUT2D eigenvalue weighted by Gasteiger charge is -2.37. The third-order valence-corrected chi connectivity index (χ3v) is 6.21. The Balaban J connectivity index is 1.42. The van der Waals surface area contributed by atoms with Gasteiger partial charge in [-0.25, -0.2) is 19.2 Å². The second kappa shape index (κ2) is 8.96. The molecule has 33 heavy (non-hydrogen) atoms. The zero-order chi connectivity index (χ0) is 23.6. The number of alkyl carbamates (subject to hydrolysis) is 1. The number of halogens is 1. The molecule has 2 amide bonds. The summed E-state index contributed by atoms with van der Waals surface area (Å²) in [6.07, 6.45) is 5.85. The van der Waals surface area contributed by atoms with Gasteiger partial charge >= 0.3 is 6.09 Å². The van der Waals surface area contributed by atoms with E-state index in [0.717, 1.165) is 25.8 Å². The van der Waals surface area contributed by atoms with Gasteiger partial charge in [-0.1, -0.05) is 0 Å². The molecular weight excluding hydrogens is 431 g/mol. The molecule has 0 saturated carbocycles. The number of guanidine groups is 1. The fraction of sp³-hybridized carbons (Fsp3) is 0.429. The summed E-state index contributed by atoms with van der Waals surface area (Å²) in [5.41, 5.74) is 5.31. The number of likely N-dealkylation sites (tertiary alicyclic amines) is 1. The van der Waals surface area contributed by atoms with Crippen LogP contribution < -0.4 is 16.0 Å². The van der Waals surface area contributed by atoms with Gasteiger partial charge in [0, 0.05) is 56.4 Å². The standard InChI is InChI=1S/C21H25FN8O3/c1-29-7-3-21(17(29)31)4-8-30(9-5-21)19-26-10-14(11-27-19)16-15(22)13(2-6-25-16)12-33-20(32)28-18(23)24/h2,6,10-11H,3-5,7-9,12H2,1H3,(H4,23,24,28,32). The van der Waals surface area contributed by atoms with E-state index in [1.807, 2.05) is 17.3 Å². The molecule has 2 saturated heterocycles. The van der Waals surface area contributed by atoms with Crippen molar-refractivity contribution in [1.82, 2.24) is 25.2 Å². The number of nitrogens with two attached hydrogens (primary N) is 1. The lowest BCUT2D eigenvalue weighted by atomic mass is 9.77. The molecule has 4 rings (SSSR count). The molecule has 12 heteroatoms. The molecule has 1 spiro atoms. The van der Waals surface area contributed by atoms with Gasteiger partial charge in [-0.2, -0.15) is 0 Å². The number of amides is 2. The molecule has 11 nitrogen and oxygen atoms in total. The molecule has 2 aliphatic heterocycles. The Kier molecular flexibility index (Phi) is 6.07. The summed E-state index contributed by atoms with van der Waals surface area (Å²) in [7, 11) is 1.85. The number of anilines is 1. The maximum absolute atomic E-state index is 14.9. The van der Waals surface area contributed by atoms with Gasteiger partial charge in [0.05, 0.1) is 5.41 Å². The van der Waals surface area contributed by atoms with E-state index in [2.05, 4.69) is 15.0 Å². The second-order valence-corrected chi connectivity index (χ2v) is 8.26. The number of nitrogens with zero attached hydrogens (tertiary/aromatic N) is 5. The molecule has 0 radical (unpaired) electrons. The molecule has 0 aromatic carbocycles. The van der Waals surface area contributed by atoms with E-state index in [4.69, 9.17) is 15.9 Å². The number of aromatic nitrogens is 3. The van der Waals surface area contributed by atoms with Crippen LogP contribution in [0.5, 0.6) is 0 Å². The Labute approximate surface area is 189 Å². The normalized spacial score (nSPS) is 17.3. The van der Waals surface area contributed by atoms with Crippen LogP contribution in [-0.2, 0) is 16.1 Å². The van der Waals surface area contributed by atoms with Gasteiger partial charge in [0.25, 0.3) is 0 Å². The highest BCUT2D eigenvalue weighted by molar-refractivity contribution is 5.90. The summed E-state index contributed by atoms with van der Waals surface area (Å²) in [5.74, 6) is -0.483. The lowest BCUT2D eigenvalue weighted by molar-refractivity contribution is -0.135. The van der Waals surface area contributed by atoms with Gasteiger partial charge in [-0.15, -0.1) is 0 Å². The highest BCUT2D eigenvalue weighted by atomic mass is 19.1. The summed E-state index contributed by atoms with van der Waals surface area (Å²) in [6, 6.07) is 1.39. The number of hydrogen-bond donors (Lipinski definition) is 3. The summed E-state index contributed by atoms with van der Waals surface area (Å²) in [5, 5.41) is 8.95. The Morgan fingerprint density at radius 2 is 1.91 bits per heavy atom. The minimum Gasteiger partial charge on any atom is -0.444 e. The van der Waals surface area contributed by atoms with Crippen molar-refractivity contribution in [3.63, 3.8) is 0 Å². The van der Waals surface area contributed by atoms with Crippen molar-refractivity contribution in [2.75, 3.05) is 31.6 Å². The number of hydrogen-bond acceptors (Lipinski definition) is 8. The smallest absolute Gasteiger partial charge is 0.414 e. The van der Waals surface area contributed by atoms with E-state index >= 15 is 0 Å². The first-order chi connectivity index (χ1) is 15.8. The number of carbonyl (C=O) groups is 2. The van der Waals surface area contributed by atoms with Gasteiger partial charge in [0.15, 0.2) is 11.8 Å². The van der Waals surface area contributed by atoms with Crippen molar-refractivity contribution in [2.24, 2.45) is 11.1 Å². The molecule has 2 aromatic rings. The van der Waals surface area contributed by atoms with E-state index in [1.54, 1.807) is 4.90 Å². The SMILES string of the molecule is CN1CCC2(CCN(c3ncc(-c4nccc(COC(=O)NC(=N)N)c4F)cn3)CC2)C1=O. The highest BCUT2D eigenvalue weighted by Gasteiger charge is 2.47. The van der Waals surface area contributed by atoms with Gasteiger partial charge in [-0.3, -0.25) is 20.5 Å². The minimum atomic E-state index is -0.956. The van der Waals surface area contributed by atoms with Crippen molar-refractivity contribution in [3.8, 4) is 11.3 Å². The van der Waals surface area contributed by atoms with Gasteiger partial charge in [0.2, 0.25) is 11.9 Å². The number of ether oxygens (including phenoxy) is 1. The maximum atomic E-state index is 14.9. The number of pyridine rings is 1. The van der Waals surface area contributed by atoms with Crippen molar-refractivity contribution in [1.29, 1.82) is 5.41 Å². The molecule has 0 aliphatic carbocycles. The summed E-state index contributed by atoms with van der Waals surface area (Å²) >= 11 is 0. The average Bonchev–Trinajstić information content (AvgIpc) is 3.07. The molecule has 0 atom stereocenters. The molecule has 0 bridgehead atoms. The fourth-order valence-corrected chi connectivity index (χ4v) is 4.29. The zero-order valence-electron chi connectivity index (χ0n) is 18.2. The molecule has 174 valence electrons. The fourth-order valence-electron chi connectivity index (χ4n) is 4.29. The first kappa shape index (κ1) is 22.4. The van der Waals surface area contributed by atoms with E-state index in [0.29, 0.717) is 24.6 Å². The van der Waals surface area contributed by atoms with Crippen LogP contribution in [-0.4, -0.2) is 64.5 Å². The monoisotopic (exact) mass is 456 g/mol. The van der Waals surface area contributed by atoms with Crippen molar-refractivity contribution >= 4 is 23.9 Å². The van der Waals surface area contributed by atoms with Crippen LogP contribution >= 0.6 is 0 Å². The second-order valence-electron chi connectivity index (χ2n) is 8.26. The lowest BCUT2D eigenvalue weighted by Crippen LogP contribution is -2.44. The Morgan fingerprint density at radius 3 is 2.52 bits per heavy atom. The van der Waals surface area contributed by atoms with Crippen LogP contribution in [0.4, 0.5) is 15.1 Å². The van der Waals surface area contributed by atoms with E-state index in [1.165, 1.54) is 24.7 Å². The molecule has 2 aromatic heterocycles. The third-order valence-electron chi connectivity index (χ3n) is 6.21. The number of carbonyl (C=O) groups excluding carboxylic acids is 2. The van der Waals surface area contributed by atoms with Crippen LogP contribution in [0.2, 0.25) is 0 Å².